The maximum absolute atomic E-state index is 16.1. The Morgan fingerprint density at radius 1 is 1.18 bits per heavy atom. The summed E-state index contributed by atoms with van der Waals surface area (Å²) in [6.45, 7) is 4.27. The zero-order valence-electron chi connectivity index (χ0n) is 22.2. The van der Waals surface area contributed by atoms with E-state index in [1.54, 1.807) is 31.2 Å². The highest BCUT2D eigenvalue weighted by molar-refractivity contribution is 6.31. The SMILES string of the molecule is CCN1[C@@H](C(=O)NC2CC(C)(O)C2)[C@H](c2cccc(Cl)c2F)[C@]2(C(=O)Nc3cc(Cl)ccc32)C12CCCCC2. The summed E-state index contributed by atoms with van der Waals surface area (Å²) in [7, 11) is 0. The summed E-state index contributed by atoms with van der Waals surface area (Å²) in [6.07, 6.45) is 5.15. The smallest absolute Gasteiger partial charge is 0.238 e. The van der Waals surface area contributed by atoms with E-state index in [-0.39, 0.29) is 28.4 Å². The van der Waals surface area contributed by atoms with Crippen LogP contribution in [0.4, 0.5) is 10.1 Å². The zero-order valence-corrected chi connectivity index (χ0v) is 23.7. The molecule has 6 rings (SSSR count). The van der Waals surface area contributed by atoms with Crippen LogP contribution in [0.25, 0.3) is 0 Å². The first-order chi connectivity index (χ1) is 18.6. The number of hydrogen-bond acceptors (Lipinski definition) is 4. The highest BCUT2D eigenvalue weighted by Crippen LogP contribution is 2.66. The van der Waals surface area contributed by atoms with Crippen LogP contribution in [-0.2, 0) is 15.0 Å². The van der Waals surface area contributed by atoms with Crippen molar-refractivity contribution < 1.29 is 19.1 Å². The number of nitrogens with one attached hydrogen (secondary N) is 2. The number of fused-ring (bicyclic) bond motifs is 3. The minimum Gasteiger partial charge on any atom is -0.390 e. The summed E-state index contributed by atoms with van der Waals surface area (Å²) in [4.78, 5) is 31.0. The van der Waals surface area contributed by atoms with Gasteiger partial charge in [0, 0.05) is 28.2 Å². The molecule has 0 unspecified atom stereocenters. The molecule has 6 nitrogen and oxygen atoms in total. The number of carbonyl (C=O) groups is 2. The molecule has 2 saturated carbocycles. The molecule has 39 heavy (non-hydrogen) atoms. The van der Waals surface area contributed by atoms with Gasteiger partial charge in [0.25, 0.3) is 0 Å². The third-order valence-electron chi connectivity index (χ3n) is 9.74. The molecular formula is C30H34Cl2FN3O3. The van der Waals surface area contributed by atoms with Gasteiger partial charge in [0.05, 0.1) is 16.7 Å². The zero-order chi connectivity index (χ0) is 27.7. The molecule has 2 aliphatic heterocycles. The van der Waals surface area contributed by atoms with Crippen molar-refractivity contribution in [2.24, 2.45) is 0 Å². The van der Waals surface area contributed by atoms with Gasteiger partial charge in [-0.2, -0.15) is 0 Å². The van der Waals surface area contributed by atoms with Crippen LogP contribution in [0.5, 0.6) is 0 Å². The summed E-state index contributed by atoms with van der Waals surface area (Å²) in [5.41, 5.74) is -1.13. The van der Waals surface area contributed by atoms with E-state index in [4.69, 9.17) is 23.2 Å². The molecule has 2 aliphatic carbocycles. The number of benzene rings is 2. The minimum atomic E-state index is -1.23. The minimum absolute atomic E-state index is 0.0424. The van der Waals surface area contributed by atoms with E-state index in [0.717, 1.165) is 24.8 Å². The number of carbonyl (C=O) groups excluding carboxylic acids is 2. The normalized spacial score (nSPS) is 33.2. The molecule has 208 valence electrons. The molecule has 2 aromatic rings. The van der Waals surface area contributed by atoms with Crippen molar-refractivity contribution >= 4 is 40.7 Å². The topological polar surface area (TPSA) is 81.7 Å². The van der Waals surface area contributed by atoms with Crippen molar-refractivity contribution in [1.82, 2.24) is 10.2 Å². The Labute approximate surface area is 238 Å². The van der Waals surface area contributed by atoms with Crippen molar-refractivity contribution in [2.75, 3.05) is 11.9 Å². The molecule has 9 heteroatoms. The van der Waals surface area contributed by atoms with Gasteiger partial charge in [0.15, 0.2) is 0 Å². The highest BCUT2D eigenvalue weighted by Gasteiger charge is 2.75. The number of likely N-dealkylation sites (tertiary alicyclic amines) is 1. The Kier molecular flexibility index (Phi) is 6.53. The molecule has 2 amide bonds. The fraction of sp³-hybridized carbons (Fsp3) is 0.533. The standard InChI is InChI=1S/C30H34Cl2FN3O3/c1-3-36-25(26(37)34-18-15-28(2,39)16-18)23(19-8-7-9-21(32)24(19)33)30(29(36)12-5-4-6-13-29)20-11-10-17(31)14-22(20)35-27(30)38/h7-11,14,18,23,25,39H,3-6,12-13,15-16H2,1-2H3,(H,34,37)(H,35,38)/t18?,23-,25+,28?,30+/m0/s1. The maximum Gasteiger partial charge on any atom is 0.238 e. The van der Waals surface area contributed by atoms with Crippen LogP contribution in [-0.4, -0.2) is 51.6 Å². The quantitative estimate of drug-likeness (QED) is 0.448. The molecule has 0 bridgehead atoms. The van der Waals surface area contributed by atoms with Crippen LogP contribution in [0, 0.1) is 5.82 Å². The second-order valence-corrected chi connectivity index (χ2v) is 12.9. The van der Waals surface area contributed by atoms with Crippen LogP contribution in [0.1, 0.15) is 75.8 Å². The molecule has 4 aliphatic rings. The molecule has 1 saturated heterocycles. The van der Waals surface area contributed by atoms with E-state index in [1.165, 1.54) is 6.07 Å². The number of anilines is 1. The molecule has 2 spiro atoms. The van der Waals surface area contributed by atoms with Crippen LogP contribution in [0.15, 0.2) is 36.4 Å². The van der Waals surface area contributed by atoms with Gasteiger partial charge in [-0.05, 0) is 68.5 Å². The fourth-order valence-corrected chi connectivity index (χ4v) is 8.80. The largest absolute Gasteiger partial charge is 0.390 e. The number of rotatable bonds is 4. The summed E-state index contributed by atoms with van der Waals surface area (Å²) in [5, 5.41) is 17.0. The van der Waals surface area contributed by atoms with E-state index < -0.39 is 34.3 Å². The van der Waals surface area contributed by atoms with E-state index in [0.29, 0.717) is 42.9 Å². The van der Waals surface area contributed by atoms with Gasteiger partial charge in [-0.15, -0.1) is 0 Å². The van der Waals surface area contributed by atoms with Crippen molar-refractivity contribution in [1.29, 1.82) is 0 Å². The molecule has 2 aromatic carbocycles. The van der Waals surface area contributed by atoms with E-state index in [1.807, 2.05) is 13.0 Å². The van der Waals surface area contributed by atoms with Gasteiger partial charge in [0.1, 0.15) is 11.2 Å². The average Bonchev–Trinajstić information content (AvgIpc) is 3.29. The summed E-state index contributed by atoms with van der Waals surface area (Å²) >= 11 is 12.7. The molecular weight excluding hydrogens is 540 g/mol. The third kappa shape index (κ3) is 3.80. The number of likely N-dealkylation sites (N-methyl/N-ethyl adjacent to an activating group) is 1. The monoisotopic (exact) mass is 573 g/mol. The predicted octanol–water partition coefficient (Wildman–Crippen LogP) is 5.54. The highest BCUT2D eigenvalue weighted by atomic mass is 35.5. The van der Waals surface area contributed by atoms with Crippen LogP contribution >= 0.6 is 23.2 Å². The lowest BCUT2D eigenvalue weighted by atomic mass is 9.55. The molecule has 0 aromatic heterocycles. The number of halogens is 3. The van der Waals surface area contributed by atoms with Gasteiger partial charge >= 0.3 is 0 Å². The first-order valence-corrected chi connectivity index (χ1v) is 14.7. The molecule has 3 atom stereocenters. The fourth-order valence-electron chi connectivity index (χ4n) is 8.44. The second kappa shape index (κ2) is 9.44. The maximum atomic E-state index is 16.1. The Morgan fingerprint density at radius 2 is 1.90 bits per heavy atom. The van der Waals surface area contributed by atoms with E-state index in [2.05, 4.69) is 15.5 Å². The van der Waals surface area contributed by atoms with Crippen molar-refractivity contribution in [3.8, 4) is 0 Å². The predicted molar refractivity (Wildman–Crippen MR) is 150 cm³/mol. The first-order valence-electron chi connectivity index (χ1n) is 13.9. The van der Waals surface area contributed by atoms with Gasteiger partial charge < -0.3 is 15.7 Å². The molecule has 2 heterocycles. The summed E-state index contributed by atoms with van der Waals surface area (Å²) < 4.78 is 16.1. The Morgan fingerprint density at radius 3 is 2.56 bits per heavy atom. The number of amides is 2. The van der Waals surface area contributed by atoms with E-state index in [9.17, 15) is 14.7 Å². The molecule has 3 N–H and O–H groups in total. The van der Waals surface area contributed by atoms with Crippen LogP contribution < -0.4 is 10.6 Å². The van der Waals surface area contributed by atoms with Crippen LogP contribution in [0.2, 0.25) is 10.0 Å². The average molecular weight is 575 g/mol. The van der Waals surface area contributed by atoms with Gasteiger partial charge in [-0.25, -0.2) is 4.39 Å². The van der Waals surface area contributed by atoms with Gasteiger partial charge in [0.2, 0.25) is 11.8 Å². The van der Waals surface area contributed by atoms with E-state index >= 15 is 4.39 Å². The van der Waals surface area contributed by atoms with Crippen molar-refractivity contribution in [3.63, 3.8) is 0 Å². The lowest BCUT2D eigenvalue weighted by Crippen LogP contribution is -2.62. The second-order valence-electron chi connectivity index (χ2n) is 12.0. The number of hydrogen-bond donors (Lipinski definition) is 3. The van der Waals surface area contributed by atoms with Crippen LogP contribution in [0.3, 0.4) is 0 Å². The molecule has 3 fully saturated rings. The van der Waals surface area contributed by atoms with Crippen molar-refractivity contribution in [2.45, 2.75) is 93.3 Å². The Bertz CT molecular complexity index is 1340. The Hall–Kier alpha value is -2.19. The Balaban J connectivity index is 1.61. The van der Waals surface area contributed by atoms with Gasteiger partial charge in [-0.1, -0.05) is 67.6 Å². The summed E-state index contributed by atoms with van der Waals surface area (Å²) in [5.74, 6) is -1.92. The third-order valence-corrected chi connectivity index (χ3v) is 10.3. The lowest BCUT2D eigenvalue weighted by Gasteiger charge is -2.50. The van der Waals surface area contributed by atoms with Crippen molar-refractivity contribution in [3.05, 3.63) is 63.4 Å². The molecule has 0 radical (unpaired) electrons. The number of nitrogens with zero attached hydrogens (tertiary/aromatic N) is 1. The van der Waals surface area contributed by atoms with Gasteiger partial charge in [-0.3, -0.25) is 14.5 Å². The summed E-state index contributed by atoms with van der Waals surface area (Å²) in [6, 6.07) is 9.22. The first kappa shape index (κ1) is 27.0. The number of aliphatic hydroxyl groups is 1. The lowest BCUT2D eigenvalue weighted by molar-refractivity contribution is -0.132.